The van der Waals surface area contributed by atoms with Crippen LogP contribution in [0, 0.1) is 0 Å². The van der Waals surface area contributed by atoms with Gasteiger partial charge in [-0.15, -0.1) is 0 Å². The van der Waals surface area contributed by atoms with E-state index in [4.69, 9.17) is 0 Å². The van der Waals surface area contributed by atoms with Crippen LogP contribution < -0.4 is 0 Å². The zero-order valence-electron chi connectivity index (χ0n) is 12.8. The third-order valence-corrected chi connectivity index (χ3v) is 3.88. The van der Waals surface area contributed by atoms with Gasteiger partial charge in [0, 0.05) is 11.1 Å². The Labute approximate surface area is 131 Å². The molecule has 0 spiro atoms. The summed E-state index contributed by atoms with van der Waals surface area (Å²) in [5.41, 5.74) is 5.18. The molecule has 0 radical (unpaired) electrons. The summed E-state index contributed by atoms with van der Waals surface area (Å²) < 4.78 is 0. The second-order valence-electron chi connectivity index (χ2n) is 5.52. The predicted octanol–water partition coefficient (Wildman–Crippen LogP) is 5.68. The van der Waals surface area contributed by atoms with Crippen molar-refractivity contribution in [2.75, 3.05) is 0 Å². The van der Waals surface area contributed by atoms with Crippen LogP contribution in [0.25, 0.3) is 22.3 Å². The van der Waals surface area contributed by atoms with Crippen molar-refractivity contribution in [3.05, 3.63) is 78.4 Å². The summed E-state index contributed by atoms with van der Waals surface area (Å²) in [5, 5.41) is 10.8. The molecule has 22 heavy (non-hydrogen) atoms. The van der Waals surface area contributed by atoms with Crippen molar-refractivity contribution >= 4 is 0 Å². The minimum absolute atomic E-state index is 0.359. The molecule has 0 saturated heterocycles. The summed E-state index contributed by atoms with van der Waals surface area (Å²) in [7, 11) is 0. The van der Waals surface area contributed by atoms with Crippen LogP contribution in [0.5, 0.6) is 5.75 Å². The van der Waals surface area contributed by atoms with Gasteiger partial charge >= 0.3 is 0 Å². The number of benzene rings is 3. The highest BCUT2D eigenvalue weighted by atomic mass is 16.3. The Bertz CT molecular complexity index is 685. The van der Waals surface area contributed by atoms with Crippen molar-refractivity contribution in [1.29, 1.82) is 0 Å². The lowest BCUT2D eigenvalue weighted by Gasteiger charge is -2.13. The second-order valence-corrected chi connectivity index (χ2v) is 5.52. The fourth-order valence-electron chi connectivity index (χ4n) is 2.80. The standard InChI is InChI=1S/C21H20O/c1-2-9-16-14-19(17-10-5-3-6-11-17)21(22)20(15-16)18-12-7-4-8-13-18/h3-8,10-15,22H,2,9H2,1H3. The lowest BCUT2D eigenvalue weighted by molar-refractivity contribution is 0.479. The molecule has 1 heteroatoms. The summed E-state index contributed by atoms with van der Waals surface area (Å²) in [6.45, 7) is 2.18. The van der Waals surface area contributed by atoms with Crippen LogP contribution in [-0.2, 0) is 6.42 Å². The fourth-order valence-corrected chi connectivity index (χ4v) is 2.80. The maximum atomic E-state index is 10.8. The van der Waals surface area contributed by atoms with E-state index >= 15 is 0 Å². The summed E-state index contributed by atoms with van der Waals surface area (Å²) in [6, 6.07) is 24.4. The van der Waals surface area contributed by atoms with E-state index in [0.717, 1.165) is 35.1 Å². The van der Waals surface area contributed by atoms with Gasteiger partial charge in [0.2, 0.25) is 0 Å². The first-order valence-corrected chi connectivity index (χ1v) is 7.76. The molecule has 0 aliphatic heterocycles. The number of aromatic hydroxyl groups is 1. The number of hydrogen-bond acceptors (Lipinski definition) is 1. The molecule has 0 aliphatic rings. The minimum Gasteiger partial charge on any atom is -0.507 e. The summed E-state index contributed by atoms with van der Waals surface area (Å²) in [4.78, 5) is 0. The van der Waals surface area contributed by atoms with Crippen LogP contribution in [0.4, 0.5) is 0 Å². The van der Waals surface area contributed by atoms with Crippen molar-refractivity contribution in [1.82, 2.24) is 0 Å². The van der Waals surface area contributed by atoms with Gasteiger partial charge in [0.1, 0.15) is 5.75 Å². The van der Waals surface area contributed by atoms with E-state index in [9.17, 15) is 5.11 Å². The van der Waals surface area contributed by atoms with Gasteiger partial charge in [0.25, 0.3) is 0 Å². The number of phenols is 1. The maximum Gasteiger partial charge on any atom is 0.131 e. The van der Waals surface area contributed by atoms with Gasteiger partial charge in [-0.1, -0.05) is 74.0 Å². The van der Waals surface area contributed by atoms with Gasteiger partial charge in [0.05, 0.1) is 0 Å². The van der Waals surface area contributed by atoms with Crippen LogP contribution in [-0.4, -0.2) is 5.11 Å². The summed E-state index contributed by atoms with van der Waals surface area (Å²) in [5.74, 6) is 0.359. The molecule has 3 aromatic rings. The first-order chi connectivity index (χ1) is 10.8. The van der Waals surface area contributed by atoms with E-state index in [0.29, 0.717) is 5.75 Å². The molecule has 0 heterocycles. The second kappa shape index (κ2) is 6.48. The first-order valence-electron chi connectivity index (χ1n) is 7.76. The normalized spacial score (nSPS) is 10.6. The van der Waals surface area contributed by atoms with Gasteiger partial charge in [-0.2, -0.15) is 0 Å². The van der Waals surface area contributed by atoms with E-state index in [1.807, 2.05) is 60.7 Å². The molecule has 110 valence electrons. The molecule has 0 atom stereocenters. The van der Waals surface area contributed by atoms with Crippen molar-refractivity contribution in [2.24, 2.45) is 0 Å². The van der Waals surface area contributed by atoms with E-state index in [2.05, 4.69) is 19.1 Å². The number of rotatable bonds is 4. The third-order valence-electron chi connectivity index (χ3n) is 3.88. The molecular weight excluding hydrogens is 268 g/mol. The zero-order valence-corrected chi connectivity index (χ0v) is 12.8. The molecular formula is C21H20O. The molecule has 0 unspecified atom stereocenters. The van der Waals surface area contributed by atoms with E-state index in [1.165, 1.54) is 5.56 Å². The molecule has 1 nitrogen and oxygen atoms in total. The highest BCUT2D eigenvalue weighted by Gasteiger charge is 2.13. The highest BCUT2D eigenvalue weighted by molar-refractivity contribution is 5.82. The van der Waals surface area contributed by atoms with Gasteiger partial charge in [0.15, 0.2) is 0 Å². The number of hydrogen-bond donors (Lipinski definition) is 1. The number of aryl methyl sites for hydroxylation is 1. The summed E-state index contributed by atoms with van der Waals surface area (Å²) in [6.07, 6.45) is 2.10. The summed E-state index contributed by atoms with van der Waals surface area (Å²) >= 11 is 0. The predicted molar refractivity (Wildman–Crippen MR) is 93.0 cm³/mol. The average Bonchev–Trinajstić information content (AvgIpc) is 2.58. The number of phenolic OH excluding ortho intramolecular Hbond substituents is 1. The largest absolute Gasteiger partial charge is 0.507 e. The molecule has 0 aliphatic carbocycles. The zero-order chi connectivity index (χ0) is 15.4. The first kappa shape index (κ1) is 14.4. The Morgan fingerprint density at radius 2 is 1.18 bits per heavy atom. The maximum absolute atomic E-state index is 10.8. The van der Waals surface area contributed by atoms with Gasteiger partial charge in [-0.05, 0) is 35.2 Å². The molecule has 0 bridgehead atoms. The van der Waals surface area contributed by atoms with E-state index in [1.54, 1.807) is 0 Å². The Morgan fingerprint density at radius 1 is 0.727 bits per heavy atom. The molecule has 3 rings (SSSR count). The van der Waals surface area contributed by atoms with Gasteiger partial charge < -0.3 is 5.11 Å². The third kappa shape index (κ3) is 2.89. The lowest BCUT2D eigenvalue weighted by atomic mass is 9.93. The molecule has 0 amide bonds. The van der Waals surface area contributed by atoms with Crippen molar-refractivity contribution in [2.45, 2.75) is 19.8 Å². The van der Waals surface area contributed by atoms with Crippen molar-refractivity contribution in [3.8, 4) is 28.0 Å². The Morgan fingerprint density at radius 3 is 1.59 bits per heavy atom. The monoisotopic (exact) mass is 288 g/mol. The van der Waals surface area contributed by atoms with Crippen molar-refractivity contribution < 1.29 is 5.11 Å². The lowest BCUT2D eigenvalue weighted by Crippen LogP contribution is -1.90. The minimum atomic E-state index is 0.359. The molecule has 0 fully saturated rings. The Kier molecular flexibility index (Phi) is 4.24. The average molecular weight is 288 g/mol. The van der Waals surface area contributed by atoms with Gasteiger partial charge in [-0.3, -0.25) is 0 Å². The molecule has 1 N–H and O–H groups in total. The molecule has 0 saturated carbocycles. The van der Waals surface area contributed by atoms with Crippen LogP contribution in [0.3, 0.4) is 0 Å². The van der Waals surface area contributed by atoms with E-state index in [-0.39, 0.29) is 0 Å². The molecule has 0 aromatic heterocycles. The highest BCUT2D eigenvalue weighted by Crippen LogP contribution is 2.39. The van der Waals surface area contributed by atoms with Crippen LogP contribution in [0.15, 0.2) is 72.8 Å². The Hall–Kier alpha value is -2.54. The van der Waals surface area contributed by atoms with Crippen molar-refractivity contribution in [3.63, 3.8) is 0 Å². The van der Waals surface area contributed by atoms with E-state index < -0.39 is 0 Å². The van der Waals surface area contributed by atoms with Crippen LogP contribution in [0.2, 0.25) is 0 Å². The van der Waals surface area contributed by atoms with Crippen LogP contribution in [0.1, 0.15) is 18.9 Å². The SMILES string of the molecule is CCCc1cc(-c2ccccc2)c(O)c(-c2ccccc2)c1. The molecule has 3 aromatic carbocycles. The topological polar surface area (TPSA) is 20.2 Å². The van der Waals surface area contributed by atoms with Crippen LogP contribution >= 0.6 is 0 Å². The smallest absolute Gasteiger partial charge is 0.131 e. The van der Waals surface area contributed by atoms with Gasteiger partial charge in [-0.25, -0.2) is 0 Å². The Balaban J connectivity index is 2.20. The quantitative estimate of drug-likeness (QED) is 0.655. The fraction of sp³-hybridized carbons (Fsp3) is 0.143.